The molecule has 0 fully saturated rings. The Balaban J connectivity index is 3.38. The molecule has 0 amide bonds. The first-order valence-electron chi connectivity index (χ1n) is 7.16. The lowest BCUT2D eigenvalue weighted by Gasteiger charge is -2.12. The zero-order valence-electron chi connectivity index (χ0n) is 12.4. The normalized spacial score (nSPS) is 12.4. The molecule has 19 heavy (non-hydrogen) atoms. The summed E-state index contributed by atoms with van der Waals surface area (Å²) in [5.41, 5.74) is 5.52. The zero-order chi connectivity index (χ0) is 14.3. The predicted molar refractivity (Wildman–Crippen MR) is 75.0 cm³/mol. The molecule has 5 nitrogen and oxygen atoms in total. The largest absolute Gasteiger partial charge is 0.466 e. The molecule has 0 aliphatic rings. The maximum atomic E-state index is 11.5. The van der Waals surface area contributed by atoms with Crippen LogP contribution in [0.3, 0.4) is 0 Å². The SMILES string of the molecule is CCC(CCN)CCC(=O)OCCCOCCOC. The van der Waals surface area contributed by atoms with Gasteiger partial charge in [0.15, 0.2) is 0 Å². The quantitative estimate of drug-likeness (QED) is 0.409. The molecule has 114 valence electrons. The van der Waals surface area contributed by atoms with Gasteiger partial charge in [0.25, 0.3) is 0 Å². The summed E-state index contributed by atoms with van der Waals surface area (Å²) >= 11 is 0. The fourth-order valence-corrected chi connectivity index (χ4v) is 1.77. The van der Waals surface area contributed by atoms with Crippen molar-refractivity contribution in [2.24, 2.45) is 11.7 Å². The number of carbonyl (C=O) groups is 1. The van der Waals surface area contributed by atoms with Crippen molar-refractivity contribution in [1.82, 2.24) is 0 Å². The van der Waals surface area contributed by atoms with E-state index in [9.17, 15) is 4.79 Å². The van der Waals surface area contributed by atoms with Gasteiger partial charge in [-0.1, -0.05) is 13.3 Å². The van der Waals surface area contributed by atoms with E-state index in [1.54, 1.807) is 7.11 Å². The van der Waals surface area contributed by atoms with Gasteiger partial charge in [0.1, 0.15) is 0 Å². The summed E-state index contributed by atoms with van der Waals surface area (Å²) in [4.78, 5) is 11.5. The smallest absolute Gasteiger partial charge is 0.305 e. The Bertz CT molecular complexity index is 212. The van der Waals surface area contributed by atoms with Gasteiger partial charge in [-0.3, -0.25) is 4.79 Å². The van der Waals surface area contributed by atoms with Crippen molar-refractivity contribution in [1.29, 1.82) is 0 Å². The number of carbonyl (C=O) groups excluding carboxylic acids is 1. The molecule has 0 aromatic heterocycles. The molecule has 0 aromatic carbocycles. The first-order valence-corrected chi connectivity index (χ1v) is 7.16. The van der Waals surface area contributed by atoms with E-state index in [0.29, 0.717) is 45.3 Å². The number of rotatable bonds is 13. The van der Waals surface area contributed by atoms with Gasteiger partial charge in [0, 0.05) is 26.6 Å². The highest BCUT2D eigenvalue weighted by molar-refractivity contribution is 5.69. The van der Waals surface area contributed by atoms with E-state index in [-0.39, 0.29) is 5.97 Å². The molecule has 0 saturated heterocycles. The molecular weight excluding hydrogens is 246 g/mol. The lowest BCUT2D eigenvalue weighted by Crippen LogP contribution is -2.13. The van der Waals surface area contributed by atoms with Crippen molar-refractivity contribution >= 4 is 5.97 Å². The second-order valence-corrected chi connectivity index (χ2v) is 4.57. The maximum Gasteiger partial charge on any atom is 0.305 e. The highest BCUT2D eigenvalue weighted by Crippen LogP contribution is 2.14. The minimum Gasteiger partial charge on any atom is -0.466 e. The molecule has 1 atom stereocenters. The van der Waals surface area contributed by atoms with Gasteiger partial charge in [0.05, 0.1) is 19.8 Å². The number of hydrogen-bond acceptors (Lipinski definition) is 5. The van der Waals surface area contributed by atoms with E-state index >= 15 is 0 Å². The molecule has 0 aliphatic heterocycles. The molecule has 5 heteroatoms. The average molecular weight is 275 g/mol. The maximum absolute atomic E-state index is 11.5. The molecule has 0 rings (SSSR count). The van der Waals surface area contributed by atoms with E-state index < -0.39 is 0 Å². The van der Waals surface area contributed by atoms with Crippen LogP contribution in [0.4, 0.5) is 0 Å². The summed E-state index contributed by atoms with van der Waals surface area (Å²) in [6.07, 6.45) is 4.14. The summed E-state index contributed by atoms with van der Waals surface area (Å²) in [6, 6.07) is 0. The Hall–Kier alpha value is -0.650. The fraction of sp³-hybridized carbons (Fsp3) is 0.929. The number of methoxy groups -OCH3 is 1. The molecule has 0 radical (unpaired) electrons. The van der Waals surface area contributed by atoms with Gasteiger partial charge < -0.3 is 19.9 Å². The zero-order valence-corrected chi connectivity index (χ0v) is 12.4. The van der Waals surface area contributed by atoms with E-state index in [4.69, 9.17) is 19.9 Å². The second-order valence-electron chi connectivity index (χ2n) is 4.57. The number of hydrogen-bond donors (Lipinski definition) is 1. The number of ether oxygens (including phenoxy) is 3. The molecule has 0 aliphatic carbocycles. The fourth-order valence-electron chi connectivity index (χ4n) is 1.77. The van der Waals surface area contributed by atoms with Gasteiger partial charge in [-0.2, -0.15) is 0 Å². The molecule has 0 saturated carbocycles. The molecule has 2 N–H and O–H groups in total. The van der Waals surface area contributed by atoms with E-state index in [1.807, 2.05) is 0 Å². The van der Waals surface area contributed by atoms with Crippen LogP contribution in [0.15, 0.2) is 0 Å². The summed E-state index contributed by atoms with van der Waals surface area (Å²) < 4.78 is 15.3. The van der Waals surface area contributed by atoms with Crippen LogP contribution in [-0.4, -0.2) is 46.1 Å². The van der Waals surface area contributed by atoms with Gasteiger partial charge in [-0.05, 0) is 25.3 Å². The average Bonchev–Trinajstić information content (AvgIpc) is 2.42. The first kappa shape index (κ1) is 18.4. The van der Waals surface area contributed by atoms with Crippen LogP contribution in [0.25, 0.3) is 0 Å². The lowest BCUT2D eigenvalue weighted by atomic mass is 9.97. The second kappa shape index (κ2) is 13.8. The highest BCUT2D eigenvalue weighted by atomic mass is 16.5. The molecule has 0 bridgehead atoms. The van der Waals surface area contributed by atoms with Crippen molar-refractivity contribution in [3.8, 4) is 0 Å². The standard InChI is InChI=1S/C14H29NO4/c1-3-13(7-8-15)5-6-14(16)19-10-4-9-18-12-11-17-2/h13H,3-12,15H2,1-2H3. The molecule has 0 spiro atoms. The van der Waals surface area contributed by atoms with Crippen LogP contribution in [-0.2, 0) is 19.0 Å². The van der Waals surface area contributed by atoms with Crippen molar-refractivity contribution in [2.45, 2.75) is 39.0 Å². The van der Waals surface area contributed by atoms with E-state index in [0.717, 1.165) is 25.7 Å². The Morgan fingerprint density at radius 1 is 1.16 bits per heavy atom. The van der Waals surface area contributed by atoms with Crippen LogP contribution in [0.2, 0.25) is 0 Å². The summed E-state index contributed by atoms with van der Waals surface area (Å²) in [7, 11) is 1.64. The van der Waals surface area contributed by atoms with E-state index in [2.05, 4.69) is 6.92 Å². The van der Waals surface area contributed by atoms with Gasteiger partial charge in [-0.25, -0.2) is 0 Å². The number of nitrogens with two attached hydrogens (primary N) is 1. The highest BCUT2D eigenvalue weighted by Gasteiger charge is 2.09. The molecule has 0 heterocycles. The van der Waals surface area contributed by atoms with Gasteiger partial charge >= 0.3 is 5.97 Å². The molecular formula is C14H29NO4. The first-order chi connectivity index (χ1) is 9.24. The predicted octanol–water partition coefficient (Wildman–Crippen LogP) is 1.74. The third-order valence-electron chi connectivity index (χ3n) is 3.04. The topological polar surface area (TPSA) is 70.8 Å². The third kappa shape index (κ3) is 12.1. The number of esters is 1. The van der Waals surface area contributed by atoms with Crippen LogP contribution >= 0.6 is 0 Å². The minimum atomic E-state index is -0.118. The summed E-state index contributed by atoms with van der Waals surface area (Å²) in [6.45, 7) is 5.03. The monoisotopic (exact) mass is 275 g/mol. The van der Waals surface area contributed by atoms with Crippen LogP contribution in [0.1, 0.15) is 39.0 Å². The van der Waals surface area contributed by atoms with Crippen molar-refractivity contribution < 1.29 is 19.0 Å². The van der Waals surface area contributed by atoms with Crippen LogP contribution in [0.5, 0.6) is 0 Å². The minimum absolute atomic E-state index is 0.118. The van der Waals surface area contributed by atoms with Crippen molar-refractivity contribution in [3.05, 3.63) is 0 Å². The Labute approximate surface area is 116 Å². The van der Waals surface area contributed by atoms with E-state index in [1.165, 1.54) is 0 Å². The Morgan fingerprint density at radius 3 is 2.58 bits per heavy atom. The van der Waals surface area contributed by atoms with Gasteiger partial charge in [-0.15, -0.1) is 0 Å². The molecule has 0 aromatic rings. The Kier molecular flexibility index (Phi) is 13.3. The Morgan fingerprint density at radius 2 is 1.95 bits per heavy atom. The van der Waals surface area contributed by atoms with Crippen LogP contribution in [0, 0.1) is 5.92 Å². The lowest BCUT2D eigenvalue weighted by molar-refractivity contribution is -0.144. The molecule has 1 unspecified atom stereocenters. The summed E-state index contributed by atoms with van der Waals surface area (Å²) in [5, 5.41) is 0. The van der Waals surface area contributed by atoms with Crippen LogP contribution < -0.4 is 5.73 Å². The van der Waals surface area contributed by atoms with Crippen molar-refractivity contribution in [2.75, 3.05) is 40.1 Å². The summed E-state index contributed by atoms with van der Waals surface area (Å²) in [5.74, 6) is 0.419. The van der Waals surface area contributed by atoms with Crippen molar-refractivity contribution in [3.63, 3.8) is 0 Å². The third-order valence-corrected chi connectivity index (χ3v) is 3.04. The van der Waals surface area contributed by atoms with Gasteiger partial charge in [0.2, 0.25) is 0 Å².